The van der Waals surface area contributed by atoms with E-state index in [0.717, 1.165) is 5.56 Å². The summed E-state index contributed by atoms with van der Waals surface area (Å²) in [6.45, 7) is 25.7. The summed E-state index contributed by atoms with van der Waals surface area (Å²) in [4.78, 5) is 41.5. The Labute approximate surface area is 261 Å². The Morgan fingerprint density at radius 3 is 1.36 bits per heavy atom. The highest BCUT2D eigenvalue weighted by Gasteiger charge is 2.02. The van der Waals surface area contributed by atoms with Crippen LogP contribution in [0.1, 0.15) is 45.7 Å². The summed E-state index contributed by atoms with van der Waals surface area (Å²) in [5, 5.41) is 16.1. The Morgan fingerprint density at radius 2 is 1.07 bits per heavy atom. The van der Waals surface area contributed by atoms with Crippen molar-refractivity contribution in [3.63, 3.8) is 0 Å². The first-order chi connectivity index (χ1) is 20.6. The van der Waals surface area contributed by atoms with E-state index >= 15 is 0 Å². The molecule has 0 atom stereocenters. The largest absolute Gasteiger partial charge is 0.478 e. The number of rotatable bonds is 10. The molecule has 0 saturated carbocycles. The van der Waals surface area contributed by atoms with Crippen LogP contribution in [0.25, 0.3) is 6.08 Å². The first-order valence-electron chi connectivity index (χ1n) is 13.3. The smallest absolute Gasteiger partial charge is 0.333 e. The van der Waals surface area contributed by atoms with Gasteiger partial charge in [-0.25, -0.2) is 19.2 Å². The fraction of sp³-hybridized carbons (Fsp3) is 0.257. The van der Waals surface area contributed by atoms with Crippen molar-refractivity contribution in [3.8, 4) is 0 Å². The van der Waals surface area contributed by atoms with Gasteiger partial charge in [0.25, 0.3) is 0 Å². The monoisotopic (exact) mass is 610 g/mol. The summed E-state index contributed by atoms with van der Waals surface area (Å²) in [5.41, 5.74) is 3.56. The Morgan fingerprint density at radius 1 is 0.682 bits per heavy atom. The number of aliphatic hydroxyl groups is 1. The maximum atomic E-state index is 11.0. The zero-order valence-corrected chi connectivity index (χ0v) is 26.5. The van der Waals surface area contributed by atoms with Gasteiger partial charge < -0.3 is 24.4 Å². The van der Waals surface area contributed by atoms with Crippen LogP contribution in [0.3, 0.4) is 0 Å². The summed E-state index contributed by atoms with van der Waals surface area (Å²) in [6.07, 6.45) is 1.83. The molecule has 0 radical (unpaired) electrons. The SMILES string of the molecule is C=C(C)C(=O)O.C=C(C)C(=O)OCC.C=C(C)C(=O)OCCO.C=C(C)C(=O)OCc1ccccc1.C=Cc1ccccc1. The van der Waals surface area contributed by atoms with E-state index in [0.29, 0.717) is 29.9 Å². The first-order valence-corrected chi connectivity index (χ1v) is 13.3. The van der Waals surface area contributed by atoms with Crippen LogP contribution < -0.4 is 0 Å². The summed E-state index contributed by atoms with van der Waals surface area (Å²) >= 11 is 0. The highest BCUT2D eigenvalue weighted by atomic mass is 16.5. The summed E-state index contributed by atoms with van der Waals surface area (Å²) < 4.78 is 14.0. The quantitative estimate of drug-likeness (QED) is 0.175. The number of ether oxygens (including phenoxy) is 3. The van der Waals surface area contributed by atoms with Crippen molar-refractivity contribution in [1.29, 1.82) is 0 Å². The molecule has 44 heavy (non-hydrogen) atoms. The lowest BCUT2D eigenvalue weighted by Gasteiger charge is -2.03. The van der Waals surface area contributed by atoms with Crippen molar-refractivity contribution < 1.29 is 43.6 Å². The number of carbonyl (C=O) groups excluding carboxylic acids is 3. The minimum Gasteiger partial charge on any atom is -0.478 e. The molecule has 0 unspecified atom stereocenters. The van der Waals surface area contributed by atoms with Gasteiger partial charge in [-0.1, -0.05) is 99.6 Å². The van der Waals surface area contributed by atoms with Gasteiger partial charge in [-0.15, -0.1) is 0 Å². The normalized spacial score (nSPS) is 8.59. The van der Waals surface area contributed by atoms with Crippen LogP contribution in [0.4, 0.5) is 0 Å². The van der Waals surface area contributed by atoms with Gasteiger partial charge in [0.1, 0.15) is 13.2 Å². The third-order valence-electron chi connectivity index (χ3n) is 4.26. The molecule has 0 amide bonds. The van der Waals surface area contributed by atoms with Crippen LogP contribution >= 0.6 is 0 Å². The summed E-state index contributed by atoms with van der Waals surface area (Å²) in [7, 11) is 0. The van der Waals surface area contributed by atoms with Crippen molar-refractivity contribution in [2.45, 2.75) is 41.2 Å². The van der Waals surface area contributed by atoms with Crippen LogP contribution in [-0.2, 0) is 40.0 Å². The molecule has 0 fully saturated rings. The molecule has 2 aromatic carbocycles. The van der Waals surface area contributed by atoms with E-state index in [2.05, 4.69) is 42.4 Å². The number of aliphatic carboxylic acids is 1. The second kappa shape index (κ2) is 28.1. The number of carboxylic acids is 1. The third-order valence-corrected chi connectivity index (χ3v) is 4.26. The lowest BCUT2D eigenvalue weighted by molar-refractivity contribution is -0.140. The molecule has 2 N–H and O–H groups in total. The van der Waals surface area contributed by atoms with E-state index < -0.39 is 11.9 Å². The molecule has 240 valence electrons. The van der Waals surface area contributed by atoms with Gasteiger partial charge in [-0.2, -0.15) is 0 Å². The number of esters is 3. The summed E-state index contributed by atoms with van der Waals surface area (Å²) in [5.74, 6) is -2.05. The third kappa shape index (κ3) is 28.5. The molecular formula is C35H46O9. The lowest BCUT2D eigenvalue weighted by atomic mass is 10.2. The van der Waals surface area contributed by atoms with E-state index in [-0.39, 0.29) is 30.7 Å². The molecule has 2 rings (SSSR count). The Balaban J connectivity index is -0.000000490. The highest BCUT2D eigenvalue weighted by Crippen LogP contribution is 2.02. The van der Waals surface area contributed by atoms with Crippen LogP contribution in [0, 0.1) is 0 Å². The lowest BCUT2D eigenvalue weighted by Crippen LogP contribution is -2.08. The maximum absolute atomic E-state index is 11.0. The van der Waals surface area contributed by atoms with E-state index in [1.165, 1.54) is 12.5 Å². The van der Waals surface area contributed by atoms with Crippen LogP contribution in [0.5, 0.6) is 0 Å². The molecular weight excluding hydrogens is 564 g/mol. The molecule has 0 aliphatic carbocycles. The van der Waals surface area contributed by atoms with E-state index in [9.17, 15) is 19.2 Å². The maximum Gasteiger partial charge on any atom is 0.333 e. The zero-order valence-electron chi connectivity index (χ0n) is 26.5. The highest BCUT2D eigenvalue weighted by molar-refractivity contribution is 5.87. The van der Waals surface area contributed by atoms with E-state index in [4.69, 9.17) is 14.9 Å². The van der Waals surface area contributed by atoms with E-state index in [1.54, 1.807) is 27.7 Å². The van der Waals surface area contributed by atoms with Crippen molar-refractivity contribution >= 4 is 30.0 Å². The van der Waals surface area contributed by atoms with Crippen molar-refractivity contribution in [2.75, 3.05) is 19.8 Å². The van der Waals surface area contributed by atoms with Crippen molar-refractivity contribution in [1.82, 2.24) is 0 Å². The standard InChI is InChI=1S/C11H12O2.C8H8.C6H10O3.C6H10O2.C4H6O2/c1-9(2)11(12)13-8-10-6-4-3-5-7-10;1-2-8-6-4-3-5-7-8;1-5(2)6(8)9-4-3-7;1-4-8-6(7)5(2)3;1-3(2)4(5)6/h3-7H,1,8H2,2H3;2-7H,1H2;7H,1,3-4H2,2H3;2,4H2,1,3H3;1H2,2H3,(H,5,6). The number of hydrogen-bond acceptors (Lipinski definition) is 8. The number of hydrogen-bond donors (Lipinski definition) is 2. The van der Waals surface area contributed by atoms with Gasteiger partial charge in [0, 0.05) is 22.3 Å². The fourth-order valence-electron chi connectivity index (χ4n) is 1.95. The Hall–Kier alpha value is -5.02. The molecule has 0 heterocycles. The second-order valence-corrected chi connectivity index (χ2v) is 8.68. The molecule has 9 heteroatoms. The number of aliphatic hydroxyl groups excluding tert-OH is 1. The molecule has 0 aromatic heterocycles. The van der Waals surface area contributed by atoms with Gasteiger partial charge in [0.2, 0.25) is 0 Å². The average molecular weight is 611 g/mol. The number of benzene rings is 2. The number of carbonyl (C=O) groups is 4. The molecule has 0 spiro atoms. The zero-order chi connectivity index (χ0) is 34.5. The van der Waals surface area contributed by atoms with Gasteiger partial charge >= 0.3 is 23.9 Å². The number of carboxylic acid groups (broad SMARTS) is 1. The first kappa shape index (κ1) is 43.4. The van der Waals surface area contributed by atoms with Gasteiger partial charge in [-0.3, -0.25) is 0 Å². The van der Waals surface area contributed by atoms with Gasteiger partial charge in [0.05, 0.1) is 13.2 Å². The topological polar surface area (TPSA) is 136 Å². The van der Waals surface area contributed by atoms with Crippen LogP contribution in [-0.4, -0.2) is 53.9 Å². The predicted octanol–water partition coefficient (Wildman–Crippen LogP) is 6.51. The van der Waals surface area contributed by atoms with Crippen LogP contribution in [0.2, 0.25) is 0 Å². The second-order valence-electron chi connectivity index (χ2n) is 8.68. The molecule has 0 bridgehead atoms. The molecule has 2 aromatic rings. The Bertz CT molecular complexity index is 1190. The van der Waals surface area contributed by atoms with Crippen molar-refractivity contribution in [3.05, 3.63) is 127 Å². The molecule has 0 aliphatic rings. The average Bonchev–Trinajstić information content (AvgIpc) is 3.00. The fourth-order valence-corrected chi connectivity index (χ4v) is 1.95. The van der Waals surface area contributed by atoms with Gasteiger partial charge in [-0.05, 0) is 45.7 Å². The minimum absolute atomic E-state index is 0.0473. The summed E-state index contributed by atoms with van der Waals surface area (Å²) in [6, 6.07) is 19.6. The van der Waals surface area contributed by atoms with Crippen molar-refractivity contribution in [2.24, 2.45) is 0 Å². The predicted molar refractivity (Wildman–Crippen MR) is 174 cm³/mol. The Kier molecular flexibility index (Phi) is 27.8. The molecule has 0 aliphatic heterocycles. The van der Waals surface area contributed by atoms with Gasteiger partial charge in [0.15, 0.2) is 0 Å². The molecule has 0 saturated heterocycles. The molecule has 9 nitrogen and oxygen atoms in total. The minimum atomic E-state index is -0.935. The van der Waals surface area contributed by atoms with E-state index in [1.807, 2.05) is 66.7 Å². The van der Waals surface area contributed by atoms with Crippen LogP contribution in [0.15, 0.2) is 116 Å².